The van der Waals surface area contributed by atoms with E-state index in [0.717, 1.165) is 37.8 Å². The van der Waals surface area contributed by atoms with Crippen LogP contribution in [0.5, 0.6) is 0 Å². The monoisotopic (exact) mass is 569 g/mol. The summed E-state index contributed by atoms with van der Waals surface area (Å²) in [7, 11) is 0. The van der Waals surface area contributed by atoms with Crippen molar-refractivity contribution in [3.8, 4) is 0 Å². The third kappa shape index (κ3) is 14.7. The summed E-state index contributed by atoms with van der Waals surface area (Å²) in [6, 6.07) is -1.02. The lowest BCUT2D eigenvalue weighted by Gasteiger charge is -2.23. The lowest BCUT2D eigenvalue weighted by atomic mass is 10.1. The molecule has 0 bridgehead atoms. The summed E-state index contributed by atoms with van der Waals surface area (Å²) in [4.78, 5) is 46.5. The Morgan fingerprint density at radius 2 is 1.78 bits per heavy atom. The van der Waals surface area contributed by atoms with Gasteiger partial charge in [-0.3, -0.25) is 14.5 Å². The van der Waals surface area contributed by atoms with Crippen molar-refractivity contribution in [2.24, 2.45) is 0 Å². The van der Waals surface area contributed by atoms with Gasteiger partial charge in [0, 0.05) is 43.9 Å². The molecule has 3 amide bonds. The van der Waals surface area contributed by atoms with Crippen LogP contribution in [0.15, 0.2) is 49.2 Å². The van der Waals surface area contributed by atoms with Crippen LogP contribution in [-0.2, 0) is 20.7 Å². The molecule has 0 saturated carbocycles. The Balaban J connectivity index is 1.62. The number of aromatic amines is 1. The average molecular weight is 570 g/mol. The fourth-order valence-corrected chi connectivity index (χ4v) is 4.85. The van der Waals surface area contributed by atoms with Gasteiger partial charge in [-0.15, -0.1) is 0 Å². The number of carbonyl (C=O) groups excluding carboxylic acids is 3. The number of amides is 3. The van der Waals surface area contributed by atoms with Crippen molar-refractivity contribution in [2.45, 2.75) is 116 Å². The van der Waals surface area contributed by atoms with E-state index in [0.29, 0.717) is 25.8 Å². The highest BCUT2D eigenvalue weighted by Gasteiger charge is 2.41. The van der Waals surface area contributed by atoms with Gasteiger partial charge in [-0.2, -0.15) is 0 Å². The van der Waals surface area contributed by atoms with Gasteiger partial charge in [-0.1, -0.05) is 69.9 Å². The van der Waals surface area contributed by atoms with Crippen molar-refractivity contribution in [3.05, 3.63) is 54.9 Å². The molecule has 228 valence electrons. The number of H-pyrrole nitrogens is 1. The smallest absolute Gasteiger partial charge is 0.415 e. The molecular formula is C32H51N5O4. The van der Waals surface area contributed by atoms with E-state index in [1.54, 1.807) is 19.4 Å². The number of ether oxygens (including phenoxy) is 1. The Morgan fingerprint density at radius 1 is 1.07 bits per heavy atom. The van der Waals surface area contributed by atoms with Gasteiger partial charge in [0.05, 0.1) is 12.1 Å². The fourth-order valence-electron chi connectivity index (χ4n) is 4.85. The summed E-state index contributed by atoms with van der Waals surface area (Å²) in [6.07, 6.45) is 25.6. The van der Waals surface area contributed by atoms with E-state index < -0.39 is 12.1 Å². The first kappa shape index (κ1) is 33.8. The Hall–Kier alpha value is -3.36. The van der Waals surface area contributed by atoms with E-state index in [1.807, 2.05) is 0 Å². The number of imidazole rings is 1. The Kier molecular flexibility index (Phi) is 16.9. The lowest BCUT2D eigenvalue weighted by molar-refractivity contribution is -0.125. The maximum Gasteiger partial charge on any atom is 0.415 e. The number of allylic oxidation sites excluding steroid dienone is 5. The molecule has 0 aromatic carbocycles. The van der Waals surface area contributed by atoms with Gasteiger partial charge in [0.15, 0.2) is 0 Å². The Bertz CT molecular complexity index is 973. The second kappa shape index (κ2) is 20.5. The number of rotatable bonds is 20. The van der Waals surface area contributed by atoms with E-state index in [4.69, 9.17) is 4.74 Å². The molecule has 2 heterocycles. The largest absolute Gasteiger partial charge is 0.416 e. The van der Waals surface area contributed by atoms with Gasteiger partial charge in [-0.05, 0) is 51.9 Å². The van der Waals surface area contributed by atoms with Crippen molar-refractivity contribution in [1.82, 2.24) is 25.5 Å². The van der Waals surface area contributed by atoms with E-state index >= 15 is 0 Å². The summed E-state index contributed by atoms with van der Waals surface area (Å²) in [5, 5.41) is 5.89. The molecule has 2 rings (SSSR count). The van der Waals surface area contributed by atoms with Crippen molar-refractivity contribution in [2.75, 3.05) is 13.1 Å². The molecule has 0 spiro atoms. The molecule has 0 unspecified atom stereocenters. The minimum Gasteiger partial charge on any atom is -0.416 e. The molecule has 1 fully saturated rings. The minimum atomic E-state index is -0.718. The quantitative estimate of drug-likeness (QED) is 0.0995. The zero-order valence-electron chi connectivity index (χ0n) is 25.2. The summed E-state index contributed by atoms with van der Waals surface area (Å²) in [6.45, 7) is 8.06. The molecule has 9 heteroatoms. The number of hydrogen-bond acceptors (Lipinski definition) is 5. The summed E-state index contributed by atoms with van der Waals surface area (Å²) < 4.78 is 5.17. The number of likely N-dealkylation sites (tertiary alicyclic amines) is 1. The summed E-state index contributed by atoms with van der Waals surface area (Å²) in [5.74, 6) is -0.0647. The fraction of sp³-hybridized carbons (Fsp3) is 0.625. The van der Waals surface area contributed by atoms with E-state index in [1.165, 1.54) is 43.4 Å². The number of unbranched alkanes of at least 4 members (excludes halogenated alkanes) is 8. The van der Waals surface area contributed by atoms with Crippen molar-refractivity contribution < 1.29 is 19.1 Å². The van der Waals surface area contributed by atoms with E-state index in [9.17, 15) is 14.4 Å². The summed E-state index contributed by atoms with van der Waals surface area (Å²) >= 11 is 0. The molecule has 1 aliphatic rings. The molecule has 2 atom stereocenters. The molecule has 1 aliphatic heterocycles. The van der Waals surface area contributed by atoms with E-state index in [-0.39, 0.29) is 30.2 Å². The van der Waals surface area contributed by atoms with Gasteiger partial charge >= 0.3 is 6.09 Å². The van der Waals surface area contributed by atoms with Gasteiger partial charge in [0.1, 0.15) is 6.04 Å². The molecule has 9 nitrogen and oxygen atoms in total. The molecule has 3 N–H and O–H groups in total. The maximum absolute atomic E-state index is 12.9. The van der Waals surface area contributed by atoms with Crippen LogP contribution >= 0.6 is 0 Å². The molecule has 0 aliphatic carbocycles. The molecule has 41 heavy (non-hydrogen) atoms. The van der Waals surface area contributed by atoms with Gasteiger partial charge in [-0.25, -0.2) is 9.78 Å². The normalized spacial score (nSPS) is 16.9. The number of nitrogens with zero attached hydrogens (tertiary/aromatic N) is 2. The van der Waals surface area contributed by atoms with Gasteiger partial charge < -0.3 is 20.4 Å². The standard InChI is InChI=1S/C32H51N5O4/c1-4-5-6-7-8-9-10-11-12-13-14-15-16-17-18-19-30(38)36-28-22-29(37(24-28)32(40)41-26(2)3)31(39)34-21-20-27-23-33-25-35-27/h8-9,11-12,23,25,28-29H,2,4-7,10,13-22,24H2,1,3H3,(H,33,35)(H,34,39)(H,36,38)/b9-8-,12-11-/t28-,29-/m0/s1. The van der Waals surface area contributed by atoms with Crippen LogP contribution < -0.4 is 10.6 Å². The number of hydrogen-bond donors (Lipinski definition) is 3. The number of aromatic nitrogens is 2. The third-order valence-electron chi connectivity index (χ3n) is 7.07. The van der Waals surface area contributed by atoms with Crippen molar-refractivity contribution >= 4 is 17.9 Å². The molecule has 1 aromatic heterocycles. The number of nitrogens with one attached hydrogen (secondary N) is 3. The highest BCUT2D eigenvalue weighted by atomic mass is 16.6. The average Bonchev–Trinajstić information content (AvgIpc) is 3.61. The molecule has 0 radical (unpaired) electrons. The first-order valence-electron chi connectivity index (χ1n) is 15.4. The second-order valence-corrected chi connectivity index (χ2v) is 10.8. The van der Waals surface area contributed by atoms with Crippen LogP contribution in [-0.4, -0.2) is 57.9 Å². The summed E-state index contributed by atoms with van der Waals surface area (Å²) in [5.41, 5.74) is 0.911. The SMILES string of the molecule is C=C(C)OC(=O)N1C[C@@H](NC(=O)CCCCCCC/C=C\C/C=C\CCCCC)C[C@H]1C(=O)NCCc1cnc[nH]1. The Labute approximate surface area is 246 Å². The highest BCUT2D eigenvalue weighted by Crippen LogP contribution is 2.21. The predicted octanol–water partition coefficient (Wildman–Crippen LogP) is 6.11. The van der Waals surface area contributed by atoms with Crippen LogP contribution in [0.25, 0.3) is 0 Å². The first-order chi connectivity index (χ1) is 19.9. The maximum atomic E-state index is 12.9. The zero-order chi connectivity index (χ0) is 29.7. The van der Waals surface area contributed by atoms with Gasteiger partial charge in [0.25, 0.3) is 0 Å². The van der Waals surface area contributed by atoms with Crippen molar-refractivity contribution in [3.63, 3.8) is 0 Å². The highest BCUT2D eigenvalue weighted by molar-refractivity contribution is 5.87. The van der Waals surface area contributed by atoms with Gasteiger partial charge in [0.2, 0.25) is 11.8 Å². The first-order valence-corrected chi connectivity index (χ1v) is 15.4. The number of carbonyl (C=O) groups is 3. The Morgan fingerprint density at radius 3 is 2.46 bits per heavy atom. The molecule has 1 saturated heterocycles. The van der Waals surface area contributed by atoms with E-state index in [2.05, 4.69) is 58.4 Å². The lowest BCUT2D eigenvalue weighted by Crippen LogP contribution is -2.46. The minimum absolute atomic E-state index is 0.0470. The van der Waals surface area contributed by atoms with Crippen LogP contribution in [0.2, 0.25) is 0 Å². The van der Waals surface area contributed by atoms with Crippen LogP contribution in [0, 0.1) is 0 Å². The zero-order valence-corrected chi connectivity index (χ0v) is 25.2. The van der Waals surface area contributed by atoms with Crippen molar-refractivity contribution in [1.29, 1.82) is 0 Å². The molecular weight excluding hydrogens is 518 g/mol. The predicted molar refractivity (Wildman–Crippen MR) is 163 cm³/mol. The topological polar surface area (TPSA) is 116 Å². The van der Waals surface area contributed by atoms with Crippen LogP contribution in [0.3, 0.4) is 0 Å². The van der Waals surface area contributed by atoms with Crippen LogP contribution in [0.1, 0.15) is 103 Å². The third-order valence-corrected chi connectivity index (χ3v) is 7.07. The second-order valence-electron chi connectivity index (χ2n) is 10.8. The van der Waals surface area contributed by atoms with Crippen LogP contribution in [0.4, 0.5) is 4.79 Å². The molecule has 1 aromatic rings.